The molecule has 0 unspecified atom stereocenters. The second-order valence-corrected chi connectivity index (χ2v) is 8.17. The molecule has 0 bridgehead atoms. The van der Waals surface area contributed by atoms with Gasteiger partial charge in [-0.3, -0.25) is 4.79 Å². The van der Waals surface area contributed by atoms with E-state index in [-0.39, 0.29) is 17.2 Å². The molecule has 136 valence electrons. The van der Waals surface area contributed by atoms with Gasteiger partial charge in [0, 0.05) is 18.0 Å². The Morgan fingerprint density at radius 2 is 2.00 bits per heavy atom. The van der Waals surface area contributed by atoms with Crippen LogP contribution in [0.2, 0.25) is 5.02 Å². The van der Waals surface area contributed by atoms with Crippen molar-refractivity contribution in [2.45, 2.75) is 37.0 Å². The van der Waals surface area contributed by atoms with Crippen LogP contribution in [-0.2, 0) is 14.8 Å². The van der Waals surface area contributed by atoms with E-state index in [4.69, 9.17) is 16.7 Å². The lowest BCUT2D eigenvalue weighted by atomic mass is 9.99. The summed E-state index contributed by atoms with van der Waals surface area (Å²) in [4.78, 5) is 10.7. The molecule has 7 heteroatoms. The second-order valence-electron chi connectivity index (χ2n) is 5.97. The molecule has 25 heavy (non-hydrogen) atoms. The van der Waals surface area contributed by atoms with E-state index in [2.05, 4.69) is 10.8 Å². The van der Waals surface area contributed by atoms with Crippen LogP contribution in [0.1, 0.15) is 32.1 Å². The van der Waals surface area contributed by atoms with E-state index in [1.54, 1.807) is 12.1 Å². The molecule has 2 rings (SSSR count). The fourth-order valence-electron chi connectivity index (χ4n) is 2.76. The first-order valence-corrected chi connectivity index (χ1v) is 10.1. The molecule has 1 aliphatic rings. The number of carbonyl (C=O) groups is 1. The van der Waals surface area contributed by atoms with Crippen LogP contribution in [0, 0.1) is 5.92 Å². The first kappa shape index (κ1) is 19.7. The van der Waals surface area contributed by atoms with Gasteiger partial charge in [-0.2, -0.15) is 0 Å². The highest BCUT2D eigenvalue weighted by Crippen LogP contribution is 2.28. The van der Waals surface area contributed by atoms with E-state index in [0.717, 1.165) is 19.3 Å². The molecule has 0 saturated heterocycles. The molecule has 0 radical (unpaired) electrons. The molecule has 0 saturated carbocycles. The van der Waals surface area contributed by atoms with Crippen molar-refractivity contribution in [1.82, 2.24) is 4.72 Å². The van der Waals surface area contributed by atoms with Crippen LogP contribution in [0.3, 0.4) is 0 Å². The maximum absolute atomic E-state index is 12.3. The smallest absolute Gasteiger partial charge is 0.303 e. The third-order valence-electron chi connectivity index (χ3n) is 4.13. The lowest BCUT2D eigenvalue weighted by Gasteiger charge is -2.15. The van der Waals surface area contributed by atoms with Crippen molar-refractivity contribution in [2.24, 2.45) is 5.92 Å². The number of sulfonamides is 1. The van der Waals surface area contributed by atoms with Crippen LogP contribution in [0.25, 0.3) is 0 Å². The number of carboxylic acids is 1. The molecule has 0 heterocycles. The van der Waals surface area contributed by atoms with Gasteiger partial charge in [0.15, 0.2) is 0 Å². The number of rotatable bonds is 9. The average Bonchev–Trinajstić information content (AvgIpc) is 3.00. The van der Waals surface area contributed by atoms with Gasteiger partial charge >= 0.3 is 5.97 Å². The van der Waals surface area contributed by atoms with E-state index in [9.17, 15) is 13.2 Å². The van der Waals surface area contributed by atoms with Crippen molar-refractivity contribution < 1.29 is 18.3 Å². The Balaban J connectivity index is 1.86. The summed E-state index contributed by atoms with van der Waals surface area (Å²) in [5.41, 5.74) is 1.20. The standard InChI is InChI=1S/C18H22ClNO4S/c19-16-9-11-17(12-10-16)25(23,24)20-13-15-7-4-6-14(15)5-2-1-3-8-18(21)22/h1-2,6,9-12,15,20H,3-5,7-8,13H2,(H,21,22)/b2-1-/t15-/m1/s1. The van der Waals surface area contributed by atoms with Gasteiger partial charge in [0.2, 0.25) is 10.0 Å². The minimum Gasteiger partial charge on any atom is -0.481 e. The molecule has 0 amide bonds. The first-order valence-electron chi connectivity index (χ1n) is 8.19. The van der Waals surface area contributed by atoms with Crippen molar-refractivity contribution >= 4 is 27.6 Å². The van der Waals surface area contributed by atoms with Crippen LogP contribution < -0.4 is 4.72 Å². The highest BCUT2D eigenvalue weighted by Gasteiger charge is 2.21. The molecule has 0 fully saturated rings. The summed E-state index contributed by atoms with van der Waals surface area (Å²) in [7, 11) is -3.55. The average molecular weight is 384 g/mol. The van der Waals surface area contributed by atoms with E-state index in [1.807, 2.05) is 12.2 Å². The van der Waals surface area contributed by atoms with Gasteiger partial charge in [0.1, 0.15) is 0 Å². The fraction of sp³-hybridized carbons (Fsp3) is 0.389. The molecule has 1 aromatic rings. The topological polar surface area (TPSA) is 83.5 Å². The van der Waals surface area contributed by atoms with E-state index >= 15 is 0 Å². The first-order chi connectivity index (χ1) is 11.9. The van der Waals surface area contributed by atoms with Crippen LogP contribution in [0.15, 0.2) is 53.0 Å². The predicted octanol–water partition coefficient (Wildman–Crippen LogP) is 3.77. The zero-order valence-electron chi connectivity index (χ0n) is 13.8. The van der Waals surface area contributed by atoms with Crippen LogP contribution >= 0.6 is 11.6 Å². The van der Waals surface area contributed by atoms with Crippen molar-refractivity contribution in [3.8, 4) is 0 Å². The number of nitrogens with one attached hydrogen (secondary N) is 1. The van der Waals surface area contributed by atoms with Gasteiger partial charge in [-0.1, -0.05) is 35.4 Å². The molecular formula is C18H22ClNO4S. The van der Waals surface area contributed by atoms with Gasteiger partial charge in [-0.15, -0.1) is 0 Å². The number of hydrogen-bond donors (Lipinski definition) is 2. The Morgan fingerprint density at radius 3 is 2.68 bits per heavy atom. The lowest BCUT2D eigenvalue weighted by Crippen LogP contribution is -2.29. The lowest BCUT2D eigenvalue weighted by molar-refractivity contribution is -0.136. The Bertz CT molecular complexity index is 754. The molecule has 1 aliphatic carbocycles. The van der Waals surface area contributed by atoms with Crippen molar-refractivity contribution in [3.63, 3.8) is 0 Å². The molecule has 5 nitrogen and oxygen atoms in total. The maximum atomic E-state index is 12.3. The van der Waals surface area contributed by atoms with E-state index in [1.165, 1.54) is 17.7 Å². The number of aliphatic carboxylic acids is 1. The zero-order chi connectivity index (χ0) is 18.3. The third-order valence-corrected chi connectivity index (χ3v) is 5.83. The maximum Gasteiger partial charge on any atom is 0.303 e. The van der Waals surface area contributed by atoms with Crippen LogP contribution in [-0.4, -0.2) is 26.0 Å². The summed E-state index contributed by atoms with van der Waals surface area (Å²) in [5, 5.41) is 9.10. The van der Waals surface area contributed by atoms with Crippen LogP contribution in [0.4, 0.5) is 0 Å². The molecular weight excluding hydrogens is 362 g/mol. The molecule has 0 aliphatic heterocycles. The number of carboxylic acid groups (broad SMARTS) is 1. The Kier molecular flexibility index (Phi) is 7.23. The molecule has 1 aromatic carbocycles. The Hall–Kier alpha value is -1.63. The van der Waals surface area contributed by atoms with Crippen molar-refractivity contribution in [1.29, 1.82) is 0 Å². The van der Waals surface area contributed by atoms with Gasteiger partial charge in [-0.25, -0.2) is 13.1 Å². The normalized spacial score (nSPS) is 17.8. The van der Waals surface area contributed by atoms with Gasteiger partial charge in [-0.05, 0) is 55.9 Å². The minimum atomic E-state index is -3.55. The zero-order valence-corrected chi connectivity index (χ0v) is 15.4. The minimum absolute atomic E-state index is 0.125. The summed E-state index contributed by atoms with van der Waals surface area (Å²) in [6, 6.07) is 6.08. The summed E-state index contributed by atoms with van der Waals surface area (Å²) >= 11 is 5.79. The third kappa shape index (κ3) is 6.30. The number of benzene rings is 1. The number of halogens is 1. The number of allylic oxidation sites excluding steroid dienone is 3. The predicted molar refractivity (Wildman–Crippen MR) is 98.1 cm³/mol. The fourth-order valence-corrected chi connectivity index (χ4v) is 3.96. The highest BCUT2D eigenvalue weighted by atomic mass is 35.5. The largest absolute Gasteiger partial charge is 0.481 e. The molecule has 1 atom stereocenters. The van der Waals surface area contributed by atoms with Gasteiger partial charge in [0.05, 0.1) is 4.90 Å². The summed E-state index contributed by atoms with van der Waals surface area (Å²) in [5.74, 6) is -0.634. The molecule has 0 aromatic heterocycles. The van der Waals surface area contributed by atoms with E-state index in [0.29, 0.717) is 18.0 Å². The summed E-state index contributed by atoms with van der Waals surface area (Å²) < 4.78 is 27.3. The van der Waals surface area contributed by atoms with Crippen LogP contribution in [0.5, 0.6) is 0 Å². The van der Waals surface area contributed by atoms with Crippen molar-refractivity contribution in [2.75, 3.05) is 6.54 Å². The highest BCUT2D eigenvalue weighted by molar-refractivity contribution is 7.89. The van der Waals surface area contributed by atoms with E-state index < -0.39 is 16.0 Å². The quantitative estimate of drug-likeness (QED) is 0.636. The Morgan fingerprint density at radius 1 is 1.28 bits per heavy atom. The van der Waals surface area contributed by atoms with Crippen molar-refractivity contribution in [3.05, 3.63) is 53.1 Å². The number of hydrogen-bond acceptors (Lipinski definition) is 3. The van der Waals surface area contributed by atoms with Gasteiger partial charge < -0.3 is 5.11 Å². The summed E-state index contributed by atoms with van der Waals surface area (Å²) in [6.07, 6.45) is 9.18. The molecule has 2 N–H and O–H groups in total. The second kappa shape index (κ2) is 9.17. The summed E-state index contributed by atoms with van der Waals surface area (Å²) in [6.45, 7) is 0.361. The van der Waals surface area contributed by atoms with Gasteiger partial charge in [0.25, 0.3) is 0 Å². The SMILES string of the molecule is O=C(O)CC/C=C\CC1=CCC[C@@H]1CNS(=O)(=O)c1ccc(Cl)cc1. The Labute approximate surface area is 153 Å². The monoisotopic (exact) mass is 383 g/mol. The molecule has 0 spiro atoms.